The maximum absolute atomic E-state index is 13.2. The molecule has 0 spiro atoms. The number of aryl methyl sites for hydroxylation is 1. The Kier molecular flexibility index (Phi) is 6.44. The molecule has 2 aliphatic heterocycles. The first-order valence-electron chi connectivity index (χ1n) is 12.7. The molecule has 1 saturated carbocycles. The summed E-state index contributed by atoms with van der Waals surface area (Å²) in [4.78, 5) is 15.2. The third kappa shape index (κ3) is 4.51. The zero-order valence-corrected chi connectivity index (χ0v) is 21.7. The summed E-state index contributed by atoms with van der Waals surface area (Å²) < 4.78 is 12.3. The number of halogens is 2. The second-order valence-electron chi connectivity index (χ2n) is 10.2. The van der Waals surface area contributed by atoms with Crippen molar-refractivity contribution in [3.63, 3.8) is 0 Å². The molecular formula is C28H29Cl2N3O3. The monoisotopic (exact) mass is 525 g/mol. The smallest absolute Gasteiger partial charge is 0.322 e. The van der Waals surface area contributed by atoms with E-state index in [0.29, 0.717) is 33.8 Å². The van der Waals surface area contributed by atoms with Crippen LogP contribution in [0.2, 0.25) is 10.0 Å². The molecule has 8 heteroatoms. The van der Waals surface area contributed by atoms with Gasteiger partial charge in [0.1, 0.15) is 11.5 Å². The van der Waals surface area contributed by atoms with Gasteiger partial charge in [-0.1, -0.05) is 52.6 Å². The summed E-state index contributed by atoms with van der Waals surface area (Å²) in [6.45, 7) is 2.40. The van der Waals surface area contributed by atoms with Gasteiger partial charge in [0.2, 0.25) is 0 Å². The van der Waals surface area contributed by atoms with Crippen molar-refractivity contribution in [2.45, 2.75) is 76.2 Å². The lowest BCUT2D eigenvalue weighted by atomic mass is 9.99. The number of ether oxygens (including phenoxy) is 1. The normalized spacial score (nSPS) is 23.2. The maximum Gasteiger partial charge on any atom is 0.322 e. The first-order chi connectivity index (χ1) is 17.5. The van der Waals surface area contributed by atoms with Crippen molar-refractivity contribution in [3.05, 3.63) is 69.4 Å². The molecule has 3 aliphatic rings. The zero-order valence-electron chi connectivity index (χ0n) is 20.2. The average Bonchev–Trinajstić information content (AvgIpc) is 3.56. The quantitative estimate of drug-likeness (QED) is 0.360. The van der Waals surface area contributed by atoms with Crippen molar-refractivity contribution >= 4 is 34.9 Å². The lowest BCUT2D eigenvalue weighted by Crippen LogP contribution is -2.50. The highest BCUT2D eigenvalue weighted by Gasteiger charge is 2.44. The standard InChI is InChI=1S/C28H29Cl2N3O3/c1-16-5-2-3-8-24(16)31-28(34)33-18-11-12-19(33)14-20(13-18)35-15-21-26(32-36-27(21)17-9-10-17)25-22(29)6-4-7-23(25)30/h2-8,17-20H,9-15H2,1H3,(H,31,34)/t18-,19?,20?/m0/s1. The maximum atomic E-state index is 13.2. The molecule has 0 radical (unpaired) electrons. The Hall–Kier alpha value is -2.54. The highest BCUT2D eigenvalue weighted by atomic mass is 35.5. The summed E-state index contributed by atoms with van der Waals surface area (Å²) in [5, 5.41) is 8.58. The molecule has 1 aromatic heterocycles. The minimum absolute atomic E-state index is 0.0130. The number of para-hydroxylation sites is 1. The molecule has 2 aromatic carbocycles. The van der Waals surface area contributed by atoms with Crippen LogP contribution < -0.4 is 5.32 Å². The lowest BCUT2D eigenvalue weighted by Gasteiger charge is -2.38. The molecule has 1 N–H and O–H groups in total. The van der Waals surface area contributed by atoms with Crippen LogP contribution in [-0.2, 0) is 11.3 Å². The van der Waals surface area contributed by atoms with Crippen LogP contribution in [0.1, 0.15) is 61.3 Å². The molecule has 36 heavy (non-hydrogen) atoms. The third-order valence-electron chi connectivity index (χ3n) is 7.74. The van der Waals surface area contributed by atoms with Crippen LogP contribution >= 0.6 is 23.2 Å². The SMILES string of the molecule is Cc1ccccc1NC(=O)N1C2CC[C@H]1CC(OCc1c(-c3c(Cl)cccc3Cl)noc1C1CC1)C2. The van der Waals surface area contributed by atoms with E-state index in [2.05, 4.69) is 10.5 Å². The van der Waals surface area contributed by atoms with Crippen LogP contribution in [0.4, 0.5) is 10.5 Å². The number of fused-ring (bicyclic) bond motifs is 2. The summed E-state index contributed by atoms with van der Waals surface area (Å²) >= 11 is 13.0. The Labute approximate surface area is 220 Å². The van der Waals surface area contributed by atoms with Gasteiger partial charge in [-0.3, -0.25) is 0 Å². The number of benzene rings is 2. The number of anilines is 1. The van der Waals surface area contributed by atoms with Crippen molar-refractivity contribution in [3.8, 4) is 11.3 Å². The Morgan fingerprint density at radius 1 is 1.06 bits per heavy atom. The van der Waals surface area contributed by atoms with Crippen LogP contribution in [0.3, 0.4) is 0 Å². The minimum atomic E-state index is -0.0130. The average molecular weight is 526 g/mol. The van der Waals surface area contributed by atoms with Gasteiger partial charge in [-0.05, 0) is 69.2 Å². The largest absolute Gasteiger partial charge is 0.373 e. The third-order valence-corrected chi connectivity index (χ3v) is 8.37. The molecule has 2 bridgehead atoms. The van der Waals surface area contributed by atoms with Gasteiger partial charge >= 0.3 is 6.03 Å². The van der Waals surface area contributed by atoms with E-state index in [1.54, 1.807) is 0 Å². The van der Waals surface area contributed by atoms with Gasteiger partial charge in [0.05, 0.1) is 22.8 Å². The number of carbonyl (C=O) groups is 1. The first kappa shape index (κ1) is 23.8. The van der Waals surface area contributed by atoms with Gasteiger partial charge in [0.25, 0.3) is 0 Å². The van der Waals surface area contributed by atoms with Gasteiger partial charge in [-0.15, -0.1) is 0 Å². The Morgan fingerprint density at radius 2 is 1.75 bits per heavy atom. The van der Waals surface area contributed by atoms with Crippen LogP contribution in [0.5, 0.6) is 0 Å². The fourth-order valence-corrected chi connectivity index (χ4v) is 6.31. The van der Waals surface area contributed by atoms with E-state index in [-0.39, 0.29) is 24.2 Å². The molecule has 3 heterocycles. The lowest BCUT2D eigenvalue weighted by molar-refractivity contribution is -0.0158. The topological polar surface area (TPSA) is 67.6 Å². The molecule has 6 rings (SSSR count). The van der Waals surface area contributed by atoms with Crippen LogP contribution in [0.25, 0.3) is 11.3 Å². The van der Waals surface area contributed by atoms with Crippen LogP contribution in [-0.4, -0.2) is 34.3 Å². The second-order valence-corrected chi connectivity index (χ2v) is 11.0. The van der Waals surface area contributed by atoms with E-state index in [9.17, 15) is 4.79 Å². The van der Waals surface area contributed by atoms with Gasteiger partial charge in [-0.25, -0.2) is 4.79 Å². The van der Waals surface area contributed by atoms with E-state index in [1.807, 2.05) is 54.3 Å². The van der Waals surface area contributed by atoms with Crippen molar-refractivity contribution in [2.75, 3.05) is 5.32 Å². The molecule has 2 unspecified atom stereocenters. The van der Waals surface area contributed by atoms with Crippen LogP contribution in [0, 0.1) is 6.92 Å². The van der Waals surface area contributed by atoms with E-state index in [4.69, 9.17) is 32.5 Å². The van der Waals surface area contributed by atoms with Crippen molar-refractivity contribution in [2.24, 2.45) is 0 Å². The predicted octanol–water partition coefficient (Wildman–Crippen LogP) is 7.58. The Bertz CT molecular complexity index is 1250. The molecule has 6 nitrogen and oxygen atoms in total. The summed E-state index contributed by atoms with van der Waals surface area (Å²) in [7, 11) is 0. The number of nitrogens with one attached hydrogen (secondary N) is 1. The van der Waals surface area contributed by atoms with E-state index >= 15 is 0 Å². The number of rotatable bonds is 6. The van der Waals surface area contributed by atoms with E-state index < -0.39 is 0 Å². The van der Waals surface area contributed by atoms with Gasteiger partial charge < -0.3 is 19.5 Å². The number of urea groups is 1. The number of carbonyl (C=O) groups excluding carboxylic acids is 1. The molecule has 2 saturated heterocycles. The van der Waals surface area contributed by atoms with Crippen LogP contribution in [0.15, 0.2) is 47.0 Å². The number of nitrogens with zero attached hydrogens (tertiary/aromatic N) is 2. The highest BCUT2D eigenvalue weighted by molar-refractivity contribution is 6.39. The fraction of sp³-hybridized carbons (Fsp3) is 0.429. The zero-order chi connectivity index (χ0) is 24.8. The molecule has 188 valence electrons. The molecular weight excluding hydrogens is 497 g/mol. The first-order valence-corrected chi connectivity index (χ1v) is 13.4. The molecule has 2 amide bonds. The number of piperidine rings is 1. The Balaban J connectivity index is 1.16. The Morgan fingerprint density at radius 3 is 2.42 bits per heavy atom. The summed E-state index contributed by atoms with van der Waals surface area (Å²) in [6, 6.07) is 13.7. The molecule has 3 aromatic rings. The summed E-state index contributed by atoms with van der Waals surface area (Å²) in [6.07, 6.45) is 5.92. The minimum Gasteiger partial charge on any atom is -0.373 e. The van der Waals surface area contributed by atoms with Crippen molar-refractivity contribution < 1.29 is 14.1 Å². The van der Waals surface area contributed by atoms with Crippen molar-refractivity contribution in [1.82, 2.24) is 10.1 Å². The van der Waals surface area contributed by atoms with E-state index in [0.717, 1.165) is 61.1 Å². The fourth-order valence-electron chi connectivity index (χ4n) is 5.74. The summed E-state index contributed by atoms with van der Waals surface area (Å²) in [5.41, 5.74) is 4.24. The van der Waals surface area contributed by atoms with Gasteiger partial charge in [-0.2, -0.15) is 0 Å². The number of aromatic nitrogens is 1. The van der Waals surface area contributed by atoms with Gasteiger partial charge in [0.15, 0.2) is 0 Å². The molecule has 3 fully saturated rings. The second kappa shape index (κ2) is 9.73. The molecule has 1 aliphatic carbocycles. The van der Waals surface area contributed by atoms with E-state index in [1.165, 1.54) is 0 Å². The predicted molar refractivity (Wildman–Crippen MR) is 141 cm³/mol. The van der Waals surface area contributed by atoms with Crippen molar-refractivity contribution in [1.29, 1.82) is 0 Å². The summed E-state index contributed by atoms with van der Waals surface area (Å²) in [5.74, 6) is 1.27. The number of hydrogen-bond acceptors (Lipinski definition) is 4. The van der Waals surface area contributed by atoms with Gasteiger partial charge in [0, 0.05) is 34.8 Å². The number of hydrogen-bond donors (Lipinski definition) is 1. The highest BCUT2D eigenvalue weighted by Crippen LogP contribution is 2.46. The number of amides is 2. The molecule has 3 atom stereocenters.